The van der Waals surface area contributed by atoms with E-state index in [9.17, 15) is 8.78 Å². The summed E-state index contributed by atoms with van der Waals surface area (Å²) in [5, 5.41) is 3.38. The lowest BCUT2D eigenvalue weighted by molar-refractivity contribution is -0.0498. The third-order valence-corrected chi connectivity index (χ3v) is 3.41. The van der Waals surface area contributed by atoms with Gasteiger partial charge in [-0.1, -0.05) is 19.4 Å². The second-order valence-corrected chi connectivity index (χ2v) is 5.05. The highest BCUT2D eigenvalue weighted by molar-refractivity contribution is 5.48. The molecular weight excluding hydrogens is 264 g/mol. The zero-order valence-corrected chi connectivity index (χ0v) is 11.6. The molecule has 5 heteroatoms. The summed E-state index contributed by atoms with van der Waals surface area (Å²) in [7, 11) is 0. The first-order valence-electron chi connectivity index (χ1n) is 7.10. The lowest BCUT2D eigenvalue weighted by Gasteiger charge is -2.30. The van der Waals surface area contributed by atoms with Gasteiger partial charge >= 0.3 is 6.61 Å². The third kappa shape index (κ3) is 4.63. The fourth-order valence-electron chi connectivity index (χ4n) is 2.53. The maximum atomic E-state index is 12.2. The molecule has 2 atom stereocenters. The van der Waals surface area contributed by atoms with Crippen molar-refractivity contribution < 1.29 is 18.3 Å². The van der Waals surface area contributed by atoms with E-state index in [1.165, 1.54) is 6.07 Å². The van der Waals surface area contributed by atoms with Crippen LogP contribution in [0.25, 0.3) is 0 Å². The Morgan fingerprint density at radius 3 is 3.05 bits per heavy atom. The molecule has 2 unspecified atom stereocenters. The Morgan fingerprint density at radius 1 is 1.45 bits per heavy atom. The van der Waals surface area contributed by atoms with Crippen LogP contribution in [0.3, 0.4) is 0 Å². The zero-order chi connectivity index (χ0) is 14.4. The van der Waals surface area contributed by atoms with E-state index in [0.717, 1.165) is 38.0 Å². The molecule has 0 aromatic heterocycles. The number of alkyl halides is 2. The summed E-state index contributed by atoms with van der Waals surface area (Å²) in [6.45, 7) is 0.100. The van der Waals surface area contributed by atoms with Crippen molar-refractivity contribution in [2.75, 3.05) is 11.9 Å². The molecule has 1 heterocycles. The van der Waals surface area contributed by atoms with Crippen LogP contribution >= 0.6 is 0 Å². The van der Waals surface area contributed by atoms with E-state index < -0.39 is 6.61 Å². The SMILES string of the molecule is CCCC1CC(Nc2cccc(OC(F)F)c2)CCO1. The normalized spacial score (nSPS) is 22.8. The van der Waals surface area contributed by atoms with Crippen molar-refractivity contribution in [3.63, 3.8) is 0 Å². The number of nitrogens with one attached hydrogen (secondary N) is 1. The van der Waals surface area contributed by atoms with Crippen molar-refractivity contribution in [1.82, 2.24) is 0 Å². The Bertz CT molecular complexity index is 413. The van der Waals surface area contributed by atoms with Gasteiger partial charge in [0.25, 0.3) is 0 Å². The van der Waals surface area contributed by atoms with Crippen molar-refractivity contribution in [1.29, 1.82) is 0 Å². The van der Waals surface area contributed by atoms with Crippen LogP contribution in [0.15, 0.2) is 24.3 Å². The summed E-state index contributed by atoms with van der Waals surface area (Å²) >= 11 is 0. The largest absolute Gasteiger partial charge is 0.435 e. The number of rotatable bonds is 6. The minimum atomic E-state index is -2.79. The Hall–Kier alpha value is -1.36. The molecular formula is C15H21F2NO2. The lowest BCUT2D eigenvalue weighted by atomic mass is 10.00. The summed E-state index contributed by atoms with van der Waals surface area (Å²) in [5.74, 6) is 0.183. The van der Waals surface area contributed by atoms with E-state index in [0.29, 0.717) is 12.1 Å². The highest BCUT2D eigenvalue weighted by Crippen LogP contribution is 2.24. The van der Waals surface area contributed by atoms with Gasteiger partial charge in [-0.2, -0.15) is 8.78 Å². The number of hydrogen-bond acceptors (Lipinski definition) is 3. The Labute approximate surface area is 118 Å². The van der Waals surface area contributed by atoms with Crippen LogP contribution in [0.1, 0.15) is 32.6 Å². The first-order valence-corrected chi connectivity index (χ1v) is 7.10. The molecule has 0 spiro atoms. The van der Waals surface area contributed by atoms with Crippen molar-refractivity contribution in [3.8, 4) is 5.75 Å². The fraction of sp³-hybridized carbons (Fsp3) is 0.600. The van der Waals surface area contributed by atoms with Crippen LogP contribution in [0.2, 0.25) is 0 Å². The number of ether oxygens (including phenoxy) is 2. The minimum Gasteiger partial charge on any atom is -0.435 e. The number of halogens is 2. The molecule has 2 rings (SSSR count). The Balaban J connectivity index is 1.92. The average Bonchev–Trinajstić information content (AvgIpc) is 2.39. The van der Waals surface area contributed by atoms with E-state index >= 15 is 0 Å². The average molecular weight is 285 g/mol. The molecule has 1 aromatic carbocycles. The highest BCUT2D eigenvalue weighted by Gasteiger charge is 2.21. The Morgan fingerprint density at radius 2 is 2.30 bits per heavy atom. The van der Waals surface area contributed by atoms with Crippen LogP contribution in [0.5, 0.6) is 5.75 Å². The molecule has 0 aliphatic carbocycles. The molecule has 0 amide bonds. The number of hydrogen-bond donors (Lipinski definition) is 1. The monoisotopic (exact) mass is 285 g/mol. The van der Waals surface area contributed by atoms with Gasteiger partial charge in [-0.15, -0.1) is 0 Å². The third-order valence-electron chi connectivity index (χ3n) is 3.41. The summed E-state index contributed by atoms with van der Waals surface area (Å²) in [6, 6.07) is 7.03. The quantitative estimate of drug-likeness (QED) is 0.855. The zero-order valence-electron chi connectivity index (χ0n) is 11.6. The summed E-state index contributed by atoms with van der Waals surface area (Å²) < 4.78 is 34.5. The number of benzene rings is 1. The van der Waals surface area contributed by atoms with Gasteiger partial charge in [0.05, 0.1) is 6.10 Å². The molecule has 112 valence electrons. The van der Waals surface area contributed by atoms with E-state index in [2.05, 4.69) is 17.0 Å². The first-order chi connectivity index (χ1) is 9.67. The van der Waals surface area contributed by atoms with Crippen molar-refractivity contribution in [2.45, 2.75) is 51.4 Å². The summed E-state index contributed by atoms with van der Waals surface area (Å²) in [4.78, 5) is 0. The minimum absolute atomic E-state index is 0.183. The summed E-state index contributed by atoms with van der Waals surface area (Å²) in [5.41, 5.74) is 0.810. The molecule has 1 fully saturated rings. The number of anilines is 1. The molecule has 1 aromatic rings. The maximum absolute atomic E-state index is 12.2. The highest BCUT2D eigenvalue weighted by atomic mass is 19.3. The van der Waals surface area contributed by atoms with E-state index in [1.807, 2.05) is 6.07 Å². The van der Waals surface area contributed by atoms with Gasteiger partial charge in [0.15, 0.2) is 0 Å². The second-order valence-electron chi connectivity index (χ2n) is 5.05. The van der Waals surface area contributed by atoms with Gasteiger partial charge in [0, 0.05) is 24.4 Å². The van der Waals surface area contributed by atoms with Gasteiger partial charge in [-0.25, -0.2) is 0 Å². The molecule has 1 aliphatic heterocycles. The lowest BCUT2D eigenvalue weighted by Crippen LogP contribution is -2.33. The second kappa shape index (κ2) is 7.43. The van der Waals surface area contributed by atoms with Crippen LogP contribution in [0.4, 0.5) is 14.5 Å². The van der Waals surface area contributed by atoms with Gasteiger partial charge in [-0.05, 0) is 31.4 Å². The van der Waals surface area contributed by atoms with E-state index in [4.69, 9.17) is 4.74 Å². The first kappa shape index (κ1) is 15.0. The fourth-order valence-corrected chi connectivity index (χ4v) is 2.53. The molecule has 1 aliphatic rings. The predicted octanol–water partition coefficient (Wildman–Crippen LogP) is 4.05. The van der Waals surface area contributed by atoms with Crippen molar-refractivity contribution in [2.24, 2.45) is 0 Å². The molecule has 0 bridgehead atoms. The molecule has 20 heavy (non-hydrogen) atoms. The van der Waals surface area contributed by atoms with Gasteiger partial charge in [-0.3, -0.25) is 0 Å². The molecule has 1 N–H and O–H groups in total. The van der Waals surface area contributed by atoms with Crippen LogP contribution in [-0.4, -0.2) is 25.4 Å². The summed E-state index contributed by atoms with van der Waals surface area (Å²) in [6.07, 6.45) is 4.35. The van der Waals surface area contributed by atoms with Crippen LogP contribution < -0.4 is 10.1 Å². The van der Waals surface area contributed by atoms with Gasteiger partial charge in [0.2, 0.25) is 0 Å². The van der Waals surface area contributed by atoms with Gasteiger partial charge in [0.1, 0.15) is 5.75 Å². The maximum Gasteiger partial charge on any atom is 0.387 e. The predicted molar refractivity (Wildman–Crippen MR) is 74.4 cm³/mol. The standard InChI is InChI=1S/C15H21F2NO2/c1-2-4-13-9-12(7-8-19-13)18-11-5-3-6-14(10-11)20-15(16)17/h3,5-6,10,12-13,15,18H,2,4,7-9H2,1H3. The topological polar surface area (TPSA) is 30.5 Å². The van der Waals surface area contributed by atoms with Crippen LogP contribution in [-0.2, 0) is 4.74 Å². The molecule has 0 radical (unpaired) electrons. The molecule has 3 nitrogen and oxygen atoms in total. The molecule has 1 saturated heterocycles. The van der Waals surface area contributed by atoms with Crippen molar-refractivity contribution >= 4 is 5.69 Å². The molecule has 0 saturated carbocycles. The van der Waals surface area contributed by atoms with Crippen molar-refractivity contribution in [3.05, 3.63) is 24.3 Å². The van der Waals surface area contributed by atoms with Gasteiger partial charge < -0.3 is 14.8 Å². The van der Waals surface area contributed by atoms with E-state index in [-0.39, 0.29) is 5.75 Å². The van der Waals surface area contributed by atoms with E-state index in [1.54, 1.807) is 12.1 Å². The smallest absolute Gasteiger partial charge is 0.387 e. The Kier molecular flexibility index (Phi) is 5.59. The van der Waals surface area contributed by atoms with Crippen LogP contribution in [0, 0.1) is 0 Å².